The van der Waals surface area contributed by atoms with Crippen LogP contribution < -0.4 is 0 Å². The lowest BCUT2D eigenvalue weighted by Gasteiger charge is -2.22. The Morgan fingerprint density at radius 1 is 1.20 bits per heavy atom. The Bertz CT molecular complexity index is 548. The van der Waals surface area contributed by atoms with Crippen molar-refractivity contribution in [2.75, 3.05) is 17.6 Å². The van der Waals surface area contributed by atoms with E-state index < -0.39 is 27.4 Å². The highest BCUT2D eigenvalue weighted by Gasteiger charge is 2.49. The first-order chi connectivity index (χ1) is 9.38. The number of alkyl halides is 3. The minimum Gasteiger partial charge on any atom is -0.381 e. The summed E-state index contributed by atoms with van der Waals surface area (Å²) in [5.74, 6) is -0.423. The predicted molar refractivity (Wildman–Crippen MR) is 79.9 cm³/mol. The Morgan fingerprint density at radius 3 is 2.40 bits per heavy atom. The van der Waals surface area contributed by atoms with E-state index in [1.807, 2.05) is 0 Å². The smallest absolute Gasteiger partial charge is 0.350 e. The molecule has 0 amide bonds. The number of ether oxygens (including phenoxy) is 1. The van der Waals surface area contributed by atoms with Gasteiger partial charge in [0.05, 0.1) is 18.1 Å². The molecule has 1 heterocycles. The third-order valence-corrected chi connectivity index (χ3v) is 6.45. The van der Waals surface area contributed by atoms with Gasteiger partial charge in [-0.15, -0.1) is 0 Å². The lowest BCUT2D eigenvalue weighted by atomic mass is 9.95. The quantitative estimate of drug-likeness (QED) is 0.547. The maximum Gasteiger partial charge on any atom is 0.350 e. The molecule has 0 saturated carbocycles. The largest absolute Gasteiger partial charge is 0.381 e. The van der Waals surface area contributed by atoms with Gasteiger partial charge in [-0.1, -0.05) is 40.8 Å². The molecule has 2 unspecified atom stereocenters. The second-order valence-electron chi connectivity index (χ2n) is 4.87. The Kier molecular flexibility index (Phi) is 5.01. The number of halogens is 3. The van der Waals surface area contributed by atoms with E-state index in [9.17, 15) is 17.2 Å². The molecular formula is C13H15F2IO3S. The predicted octanol–water partition coefficient (Wildman–Crippen LogP) is 3.14. The lowest BCUT2D eigenvalue weighted by molar-refractivity contribution is 0.0551. The number of sulfone groups is 1. The monoisotopic (exact) mass is 416 g/mol. The van der Waals surface area contributed by atoms with E-state index in [0.29, 0.717) is 11.0 Å². The zero-order chi connectivity index (χ0) is 14.8. The van der Waals surface area contributed by atoms with Crippen LogP contribution >= 0.6 is 22.6 Å². The normalized spacial score (nSPS) is 23.9. The molecule has 0 radical (unpaired) electrons. The minimum atomic E-state index is -4.65. The van der Waals surface area contributed by atoms with Gasteiger partial charge in [-0.2, -0.15) is 8.78 Å². The van der Waals surface area contributed by atoms with Gasteiger partial charge in [0.25, 0.3) is 0 Å². The van der Waals surface area contributed by atoms with Gasteiger partial charge in [-0.05, 0) is 24.0 Å². The number of benzene rings is 1. The van der Waals surface area contributed by atoms with Crippen LogP contribution in [0.3, 0.4) is 0 Å². The third-order valence-electron chi connectivity index (χ3n) is 3.48. The zero-order valence-electron chi connectivity index (χ0n) is 10.6. The van der Waals surface area contributed by atoms with E-state index in [0.717, 1.165) is 0 Å². The summed E-state index contributed by atoms with van der Waals surface area (Å²) in [6.07, 6.45) is -0.683. The second-order valence-corrected chi connectivity index (χ2v) is 7.83. The Hall–Kier alpha value is -0.280. The summed E-state index contributed by atoms with van der Waals surface area (Å²) in [6.45, 7) is 0.628. The molecule has 1 aromatic carbocycles. The zero-order valence-corrected chi connectivity index (χ0v) is 13.6. The molecule has 2 rings (SSSR count). The Labute approximate surface area is 130 Å². The fraction of sp³-hybridized carbons (Fsp3) is 0.538. The van der Waals surface area contributed by atoms with Crippen molar-refractivity contribution in [2.45, 2.75) is 16.6 Å². The highest BCUT2D eigenvalue weighted by Crippen LogP contribution is 2.39. The fourth-order valence-electron chi connectivity index (χ4n) is 2.23. The molecule has 1 fully saturated rings. The number of hydrogen-bond donors (Lipinski definition) is 0. The SMILES string of the molecule is O=S(=O)(c1ccccc1)C(F)(F)CC1COCC1CI. The maximum absolute atomic E-state index is 14.2. The van der Waals surface area contributed by atoms with Crippen LogP contribution in [0, 0.1) is 11.8 Å². The van der Waals surface area contributed by atoms with E-state index in [-0.39, 0.29) is 17.4 Å². The van der Waals surface area contributed by atoms with Crippen molar-refractivity contribution in [1.82, 2.24) is 0 Å². The van der Waals surface area contributed by atoms with Crippen LogP contribution in [-0.2, 0) is 14.6 Å². The molecule has 7 heteroatoms. The third kappa shape index (κ3) is 3.14. The molecule has 1 aromatic rings. The van der Waals surface area contributed by atoms with Gasteiger partial charge in [0, 0.05) is 10.8 Å². The molecular weight excluding hydrogens is 401 g/mol. The fourth-order valence-corrected chi connectivity index (χ4v) is 4.49. The molecule has 0 aromatic heterocycles. The summed E-state index contributed by atoms with van der Waals surface area (Å²) in [5.41, 5.74) is 0. The molecule has 0 N–H and O–H groups in total. The molecule has 0 aliphatic carbocycles. The highest BCUT2D eigenvalue weighted by atomic mass is 127. The highest BCUT2D eigenvalue weighted by molar-refractivity contribution is 14.1. The van der Waals surface area contributed by atoms with E-state index in [4.69, 9.17) is 4.74 Å². The topological polar surface area (TPSA) is 43.4 Å². The van der Waals surface area contributed by atoms with Gasteiger partial charge in [-0.3, -0.25) is 0 Å². The van der Waals surface area contributed by atoms with Crippen LogP contribution in [0.4, 0.5) is 8.78 Å². The van der Waals surface area contributed by atoms with Crippen LogP contribution in [0.15, 0.2) is 35.2 Å². The van der Waals surface area contributed by atoms with Crippen molar-refractivity contribution < 1.29 is 21.9 Å². The molecule has 20 heavy (non-hydrogen) atoms. The van der Waals surface area contributed by atoms with Crippen molar-refractivity contribution in [3.8, 4) is 0 Å². The van der Waals surface area contributed by atoms with Crippen molar-refractivity contribution in [3.63, 3.8) is 0 Å². The first-order valence-electron chi connectivity index (χ1n) is 6.19. The maximum atomic E-state index is 14.2. The molecule has 3 nitrogen and oxygen atoms in total. The molecule has 112 valence electrons. The summed E-state index contributed by atoms with van der Waals surface area (Å²) in [4.78, 5) is -0.338. The molecule has 2 atom stereocenters. The van der Waals surface area contributed by atoms with Crippen LogP contribution in [-0.4, -0.2) is 31.3 Å². The van der Waals surface area contributed by atoms with Crippen LogP contribution in [0.5, 0.6) is 0 Å². The second kappa shape index (κ2) is 6.23. The Morgan fingerprint density at radius 2 is 1.80 bits per heavy atom. The number of rotatable bonds is 5. The number of hydrogen-bond acceptors (Lipinski definition) is 3. The average molecular weight is 416 g/mol. The summed E-state index contributed by atoms with van der Waals surface area (Å²) >= 11 is 2.11. The first-order valence-corrected chi connectivity index (χ1v) is 9.20. The van der Waals surface area contributed by atoms with Gasteiger partial charge in [-0.25, -0.2) is 8.42 Å². The van der Waals surface area contributed by atoms with Crippen molar-refractivity contribution in [2.24, 2.45) is 11.8 Å². The van der Waals surface area contributed by atoms with Gasteiger partial charge in [0.15, 0.2) is 0 Å². The van der Waals surface area contributed by atoms with Crippen LogP contribution in [0.1, 0.15) is 6.42 Å². The molecule has 1 aliphatic heterocycles. The molecule has 0 bridgehead atoms. The van der Waals surface area contributed by atoms with Crippen LogP contribution in [0.2, 0.25) is 0 Å². The van der Waals surface area contributed by atoms with E-state index >= 15 is 0 Å². The summed E-state index contributed by atoms with van der Waals surface area (Å²) < 4.78 is 58.4. The average Bonchev–Trinajstić information content (AvgIpc) is 2.86. The Balaban J connectivity index is 2.21. The van der Waals surface area contributed by atoms with Gasteiger partial charge >= 0.3 is 5.25 Å². The van der Waals surface area contributed by atoms with E-state index in [1.165, 1.54) is 24.3 Å². The summed E-state index contributed by atoms with van der Waals surface area (Å²) in [7, 11) is -4.65. The summed E-state index contributed by atoms with van der Waals surface area (Å²) in [6, 6.07) is 6.87. The van der Waals surface area contributed by atoms with Crippen molar-refractivity contribution in [3.05, 3.63) is 30.3 Å². The van der Waals surface area contributed by atoms with E-state index in [1.54, 1.807) is 6.07 Å². The standard InChI is InChI=1S/C13H15F2IO3S/c14-13(15,6-10-8-19-9-11(10)7-16)20(17,18)12-4-2-1-3-5-12/h1-5,10-11H,6-9H2. The van der Waals surface area contributed by atoms with Gasteiger partial charge in [0.1, 0.15) is 0 Å². The van der Waals surface area contributed by atoms with Crippen LogP contribution in [0.25, 0.3) is 0 Å². The van der Waals surface area contributed by atoms with Gasteiger partial charge in [0.2, 0.25) is 9.84 Å². The lowest BCUT2D eigenvalue weighted by Crippen LogP contribution is -2.33. The molecule has 1 saturated heterocycles. The summed E-state index contributed by atoms with van der Waals surface area (Å²) in [5, 5.41) is -3.77. The molecule has 0 spiro atoms. The minimum absolute atomic E-state index is 0.00699. The van der Waals surface area contributed by atoms with Crippen molar-refractivity contribution in [1.29, 1.82) is 0 Å². The van der Waals surface area contributed by atoms with Gasteiger partial charge < -0.3 is 4.74 Å². The molecule has 1 aliphatic rings. The van der Waals surface area contributed by atoms with Crippen molar-refractivity contribution >= 4 is 32.4 Å². The van der Waals surface area contributed by atoms with E-state index in [2.05, 4.69) is 22.6 Å². The first kappa shape index (κ1) is 16.1.